The second-order valence-electron chi connectivity index (χ2n) is 3.49. The molecule has 12 nitrogen and oxygen atoms in total. The molecule has 0 amide bonds. The molecule has 0 fully saturated rings. The van der Waals surface area contributed by atoms with Crippen molar-refractivity contribution in [2.75, 3.05) is 14.2 Å². The van der Waals surface area contributed by atoms with E-state index in [1.807, 2.05) is 0 Å². The normalized spacial score (nSPS) is 14.2. The van der Waals surface area contributed by atoms with Crippen LogP contribution in [0, 0.1) is 5.41 Å². The van der Waals surface area contributed by atoms with Crippen molar-refractivity contribution in [1.82, 2.24) is 5.48 Å². The average molecular weight is 306 g/mol. The first-order valence-corrected chi connectivity index (χ1v) is 5.41. The number of nitrogens with two attached hydrogens (primary N) is 3. The molecular formula is C9H18N6O6. The Morgan fingerprint density at radius 2 is 1.81 bits per heavy atom. The molecule has 120 valence electrons. The monoisotopic (exact) mass is 306 g/mol. The summed E-state index contributed by atoms with van der Waals surface area (Å²) < 4.78 is 13.9. The lowest BCUT2D eigenvalue weighted by atomic mass is 10.3. The maximum Gasteiger partial charge on any atom is 0.390 e. The van der Waals surface area contributed by atoms with Gasteiger partial charge in [-0.1, -0.05) is 0 Å². The van der Waals surface area contributed by atoms with Crippen LogP contribution in [0.3, 0.4) is 0 Å². The van der Waals surface area contributed by atoms with Crippen molar-refractivity contribution in [2.45, 2.75) is 18.9 Å². The van der Waals surface area contributed by atoms with Gasteiger partial charge in [-0.05, 0) is 6.92 Å². The Labute approximate surface area is 120 Å². The Hall–Kier alpha value is -2.60. The van der Waals surface area contributed by atoms with Crippen LogP contribution in [0.1, 0.15) is 6.92 Å². The second kappa shape index (κ2) is 7.86. The maximum absolute atomic E-state index is 12.0. The molecule has 0 aliphatic carbocycles. The summed E-state index contributed by atoms with van der Waals surface area (Å²) in [6.07, 6.45) is -1.12. The number of hydroxylamine groups is 1. The Morgan fingerprint density at radius 3 is 2.19 bits per heavy atom. The van der Waals surface area contributed by atoms with Gasteiger partial charge in [0.15, 0.2) is 12.2 Å². The van der Waals surface area contributed by atoms with Crippen molar-refractivity contribution >= 4 is 23.9 Å². The third-order valence-electron chi connectivity index (χ3n) is 1.92. The summed E-state index contributed by atoms with van der Waals surface area (Å²) in [7, 11) is 1.96. The largest absolute Gasteiger partial charge is 0.464 e. The number of methoxy groups -OCH3 is 2. The van der Waals surface area contributed by atoms with Gasteiger partial charge in [-0.3, -0.25) is 5.41 Å². The number of carbonyl (C=O) groups is 2. The predicted octanol–water partition coefficient (Wildman–Crippen LogP) is -2.92. The van der Waals surface area contributed by atoms with E-state index in [2.05, 4.69) is 14.6 Å². The number of hydrogen-bond donors (Lipinski definition) is 5. The van der Waals surface area contributed by atoms with Gasteiger partial charge in [-0.25, -0.2) is 24.9 Å². The summed E-state index contributed by atoms with van der Waals surface area (Å²) in [6, 6.07) is 0. The van der Waals surface area contributed by atoms with Crippen LogP contribution in [0.15, 0.2) is 4.99 Å². The van der Waals surface area contributed by atoms with Gasteiger partial charge in [-0.2, -0.15) is 0 Å². The SMILES string of the molecule is COC(=O)C(OC)(ONC(=N)N)C(=O)OC(C)N=C(N)N. The Morgan fingerprint density at radius 1 is 1.24 bits per heavy atom. The highest BCUT2D eigenvalue weighted by Crippen LogP contribution is 2.17. The highest BCUT2D eigenvalue weighted by atomic mass is 16.8. The van der Waals surface area contributed by atoms with Crippen molar-refractivity contribution in [1.29, 1.82) is 5.41 Å². The summed E-state index contributed by atoms with van der Waals surface area (Å²) in [5.41, 5.74) is 17.0. The van der Waals surface area contributed by atoms with Crippen molar-refractivity contribution in [2.24, 2.45) is 22.2 Å². The minimum absolute atomic E-state index is 0.334. The number of aliphatic imine (C=N–C) groups is 1. The number of esters is 2. The third-order valence-corrected chi connectivity index (χ3v) is 1.92. The fourth-order valence-corrected chi connectivity index (χ4v) is 1.10. The average Bonchev–Trinajstić information content (AvgIpc) is 2.37. The molecule has 0 rings (SSSR count). The highest BCUT2D eigenvalue weighted by Gasteiger charge is 2.53. The van der Waals surface area contributed by atoms with Gasteiger partial charge in [0.2, 0.25) is 5.96 Å². The minimum atomic E-state index is -2.65. The van der Waals surface area contributed by atoms with E-state index in [1.54, 1.807) is 5.48 Å². The van der Waals surface area contributed by atoms with Crippen molar-refractivity contribution in [3.05, 3.63) is 0 Å². The predicted molar refractivity (Wildman–Crippen MR) is 69.3 cm³/mol. The summed E-state index contributed by atoms with van der Waals surface area (Å²) in [5.74, 6) is -6.23. The zero-order valence-corrected chi connectivity index (χ0v) is 11.7. The fraction of sp³-hybridized carbons (Fsp3) is 0.556. The molecule has 12 heteroatoms. The number of hydrogen-bond acceptors (Lipinski definition) is 8. The quantitative estimate of drug-likeness (QED) is 0.0810. The van der Waals surface area contributed by atoms with E-state index in [9.17, 15) is 9.59 Å². The first-order valence-electron chi connectivity index (χ1n) is 5.41. The van der Waals surface area contributed by atoms with Crippen LogP contribution in [0.4, 0.5) is 0 Å². The van der Waals surface area contributed by atoms with E-state index in [4.69, 9.17) is 32.1 Å². The van der Waals surface area contributed by atoms with Gasteiger partial charge in [-0.15, -0.1) is 0 Å². The molecule has 0 aliphatic rings. The van der Waals surface area contributed by atoms with Crippen molar-refractivity contribution in [3.63, 3.8) is 0 Å². The first kappa shape index (κ1) is 18.4. The van der Waals surface area contributed by atoms with E-state index in [1.165, 1.54) is 6.92 Å². The van der Waals surface area contributed by atoms with Gasteiger partial charge in [0.25, 0.3) is 0 Å². The molecule has 0 aliphatic heterocycles. The molecule has 2 atom stereocenters. The van der Waals surface area contributed by atoms with E-state index in [0.717, 1.165) is 14.2 Å². The Kier molecular flexibility index (Phi) is 6.89. The van der Waals surface area contributed by atoms with Crippen LogP contribution >= 0.6 is 0 Å². The minimum Gasteiger partial charge on any atom is -0.464 e. The zero-order chi connectivity index (χ0) is 16.6. The van der Waals surface area contributed by atoms with Crippen LogP contribution in [0.5, 0.6) is 0 Å². The van der Waals surface area contributed by atoms with Gasteiger partial charge in [0, 0.05) is 7.11 Å². The summed E-state index contributed by atoms with van der Waals surface area (Å²) >= 11 is 0. The number of rotatable bonds is 7. The van der Waals surface area contributed by atoms with Crippen LogP contribution in [0.25, 0.3) is 0 Å². The van der Waals surface area contributed by atoms with Gasteiger partial charge < -0.3 is 31.4 Å². The molecule has 0 saturated heterocycles. The zero-order valence-electron chi connectivity index (χ0n) is 11.7. The number of nitrogens with one attached hydrogen (secondary N) is 2. The number of guanidine groups is 2. The lowest BCUT2D eigenvalue weighted by Crippen LogP contribution is -2.57. The highest BCUT2D eigenvalue weighted by molar-refractivity contribution is 6.02. The van der Waals surface area contributed by atoms with Gasteiger partial charge >= 0.3 is 17.7 Å². The molecule has 0 aromatic heterocycles. The standard InChI is InChI=1S/C9H18N6O6/c1-4(14-7(10)11)20-6(17)9(19-3,5(16)18-2)21-15-8(12)13/h4H,1-3H3,(H4,10,11,14)(H4,12,13,15). The van der Waals surface area contributed by atoms with E-state index < -0.39 is 29.9 Å². The third kappa shape index (κ3) is 5.12. The Bertz CT molecular complexity index is 436. The summed E-state index contributed by atoms with van der Waals surface area (Å²) in [4.78, 5) is 31.9. The molecule has 0 bridgehead atoms. The number of nitrogens with zero attached hydrogens (tertiary/aromatic N) is 1. The topological polar surface area (TPSA) is 197 Å². The molecule has 0 spiro atoms. The molecule has 0 heterocycles. The maximum atomic E-state index is 12.0. The molecule has 0 aromatic carbocycles. The van der Waals surface area contributed by atoms with Crippen LogP contribution in [0.2, 0.25) is 0 Å². The molecule has 2 unspecified atom stereocenters. The molecule has 21 heavy (non-hydrogen) atoms. The first-order chi connectivity index (χ1) is 9.69. The molecule has 8 N–H and O–H groups in total. The Balaban J connectivity index is 5.27. The van der Waals surface area contributed by atoms with Crippen molar-refractivity contribution in [3.8, 4) is 0 Å². The van der Waals surface area contributed by atoms with E-state index in [0.29, 0.717) is 0 Å². The molecule has 0 saturated carbocycles. The van der Waals surface area contributed by atoms with Crippen LogP contribution in [-0.2, 0) is 28.6 Å². The van der Waals surface area contributed by atoms with Crippen LogP contribution in [-0.4, -0.2) is 50.1 Å². The smallest absolute Gasteiger partial charge is 0.390 e. The second-order valence-corrected chi connectivity index (χ2v) is 3.49. The van der Waals surface area contributed by atoms with E-state index in [-0.39, 0.29) is 5.96 Å². The summed E-state index contributed by atoms with van der Waals surface area (Å²) in [5, 5.41) is 6.95. The molecular weight excluding hydrogens is 288 g/mol. The molecule has 0 aromatic rings. The summed E-state index contributed by atoms with van der Waals surface area (Å²) in [6.45, 7) is 1.33. The van der Waals surface area contributed by atoms with Gasteiger partial charge in [0.1, 0.15) is 0 Å². The number of ether oxygens (including phenoxy) is 3. The lowest BCUT2D eigenvalue weighted by molar-refractivity contribution is -0.257. The van der Waals surface area contributed by atoms with E-state index >= 15 is 0 Å². The fourth-order valence-electron chi connectivity index (χ4n) is 1.10. The van der Waals surface area contributed by atoms with Crippen molar-refractivity contribution < 1.29 is 28.6 Å². The van der Waals surface area contributed by atoms with Gasteiger partial charge in [0.05, 0.1) is 7.11 Å². The molecule has 0 radical (unpaired) electrons. The number of carbonyl (C=O) groups excluding carboxylic acids is 2. The lowest BCUT2D eigenvalue weighted by Gasteiger charge is -2.27. The van der Waals surface area contributed by atoms with Crippen LogP contribution < -0.4 is 22.7 Å².